The van der Waals surface area contributed by atoms with Crippen LogP contribution in [0.25, 0.3) is 0 Å². The average molecular weight is 211 g/mol. The van der Waals surface area contributed by atoms with Crippen molar-refractivity contribution in [1.29, 1.82) is 0 Å². The normalized spacial score (nSPS) is 15.3. The number of ether oxygens (including phenoxy) is 1. The van der Waals surface area contributed by atoms with E-state index >= 15 is 0 Å². The Kier molecular flexibility index (Phi) is 4.36. The van der Waals surface area contributed by atoms with Crippen LogP contribution in [0.1, 0.15) is 30.9 Å². The predicted molar refractivity (Wildman–Crippen MR) is 61.0 cm³/mol. The Morgan fingerprint density at radius 2 is 2.07 bits per heavy atom. The molecule has 0 aliphatic heterocycles. The van der Waals surface area contributed by atoms with Crippen LogP contribution in [0.5, 0.6) is 0 Å². The largest absolute Gasteiger partial charge is 0.466 e. The molecule has 0 aliphatic rings. The van der Waals surface area contributed by atoms with Crippen LogP contribution in [0.2, 0.25) is 0 Å². The minimum Gasteiger partial charge on any atom is -0.466 e. The lowest BCUT2D eigenvalue weighted by molar-refractivity contribution is 0.0882. The second-order valence-corrected chi connectivity index (χ2v) is 4.05. The van der Waals surface area contributed by atoms with E-state index in [1.165, 1.54) is 5.56 Å². The Balaban J connectivity index is 2.46. The lowest BCUT2D eigenvalue weighted by atomic mass is 10.2. The maximum atomic E-state index is 5.46. The molecular formula is C12H21NO2. The Labute approximate surface area is 91.8 Å². The van der Waals surface area contributed by atoms with Gasteiger partial charge >= 0.3 is 0 Å². The first-order valence-corrected chi connectivity index (χ1v) is 5.36. The van der Waals surface area contributed by atoms with Gasteiger partial charge in [0.25, 0.3) is 0 Å². The van der Waals surface area contributed by atoms with Crippen molar-refractivity contribution in [2.45, 2.75) is 46.4 Å². The quantitative estimate of drug-likeness (QED) is 0.812. The Hall–Kier alpha value is -0.800. The van der Waals surface area contributed by atoms with Gasteiger partial charge in [0.1, 0.15) is 11.5 Å². The standard InChI is InChI=1S/C12H21NO2/c1-8-6-12(11(4)15-8)7-13-9(2)10(3)14-5/h6,9-10,13H,7H2,1-5H3. The van der Waals surface area contributed by atoms with Gasteiger partial charge in [-0.05, 0) is 33.8 Å². The molecule has 15 heavy (non-hydrogen) atoms. The second kappa shape index (κ2) is 5.33. The van der Waals surface area contributed by atoms with Crippen molar-refractivity contribution in [3.63, 3.8) is 0 Å². The molecule has 1 aromatic rings. The van der Waals surface area contributed by atoms with Crippen LogP contribution < -0.4 is 5.32 Å². The fourth-order valence-corrected chi connectivity index (χ4v) is 1.50. The van der Waals surface area contributed by atoms with E-state index in [1.807, 2.05) is 13.8 Å². The van der Waals surface area contributed by atoms with Crippen molar-refractivity contribution in [3.8, 4) is 0 Å². The first kappa shape index (κ1) is 12.3. The van der Waals surface area contributed by atoms with Crippen LogP contribution in [0.3, 0.4) is 0 Å². The molecule has 1 rings (SSSR count). The number of furan rings is 1. The van der Waals surface area contributed by atoms with Gasteiger partial charge in [0.15, 0.2) is 0 Å². The topological polar surface area (TPSA) is 34.4 Å². The zero-order valence-corrected chi connectivity index (χ0v) is 10.3. The van der Waals surface area contributed by atoms with Crippen molar-refractivity contribution >= 4 is 0 Å². The summed E-state index contributed by atoms with van der Waals surface area (Å²) in [4.78, 5) is 0. The van der Waals surface area contributed by atoms with Crippen LogP contribution in [0.15, 0.2) is 10.5 Å². The highest BCUT2D eigenvalue weighted by Gasteiger charge is 2.11. The van der Waals surface area contributed by atoms with E-state index in [-0.39, 0.29) is 6.10 Å². The molecule has 0 saturated heterocycles. The smallest absolute Gasteiger partial charge is 0.105 e. The maximum Gasteiger partial charge on any atom is 0.105 e. The monoisotopic (exact) mass is 211 g/mol. The zero-order valence-electron chi connectivity index (χ0n) is 10.3. The summed E-state index contributed by atoms with van der Waals surface area (Å²) >= 11 is 0. The molecule has 0 aliphatic carbocycles. The molecule has 1 N–H and O–H groups in total. The fraction of sp³-hybridized carbons (Fsp3) is 0.667. The minimum absolute atomic E-state index is 0.221. The summed E-state index contributed by atoms with van der Waals surface area (Å²) < 4.78 is 10.7. The number of nitrogens with one attached hydrogen (secondary N) is 1. The summed E-state index contributed by atoms with van der Waals surface area (Å²) in [5.74, 6) is 1.97. The van der Waals surface area contributed by atoms with Crippen LogP contribution in [-0.4, -0.2) is 19.3 Å². The number of rotatable bonds is 5. The Bertz CT molecular complexity index is 307. The molecule has 3 nitrogen and oxygen atoms in total. The van der Waals surface area contributed by atoms with Gasteiger partial charge in [-0.1, -0.05) is 0 Å². The molecule has 0 radical (unpaired) electrons. The molecule has 86 valence electrons. The van der Waals surface area contributed by atoms with Crippen molar-refractivity contribution < 1.29 is 9.15 Å². The highest BCUT2D eigenvalue weighted by atomic mass is 16.5. The highest BCUT2D eigenvalue weighted by molar-refractivity contribution is 5.19. The molecule has 0 bridgehead atoms. The van der Waals surface area contributed by atoms with E-state index in [1.54, 1.807) is 7.11 Å². The molecule has 2 atom stereocenters. The lowest BCUT2D eigenvalue weighted by Crippen LogP contribution is -2.36. The van der Waals surface area contributed by atoms with E-state index in [0.717, 1.165) is 18.1 Å². The Morgan fingerprint density at radius 1 is 1.40 bits per heavy atom. The fourth-order valence-electron chi connectivity index (χ4n) is 1.50. The summed E-state index contributed by atoms with van der Waals surface area (Å²) in [5, 5.41) is 3.42. The molecule has 0 saturated carbocycles. The summed E-state index contributed by atoms with van der Waals surface area (Å²) in [6, 6.07) is 2.41. The predicted octanol–water partition coefficient (Wildman–Crippen LogP) is 2.41. The number of methoxy groups -OCH3 is 1. The van der Waals surface area contributed by atoms with Crippen molar-refractivity contribution in [1.82, 2.24) is 5.32 Å². The van der Waals surface area contributed by atoms with Gasteiger partial charge in [-0.3, -0.25) is 0 Å². The van der Waals surface area contributed by atoms with Crippen LogP contribution in [0, 0.1) is 13.8 Å². The first-order valence-electron chi connectivity index (χ1n) is 5.36. The molecular weight excluding hydrogens is 190 g/mol. The third kappa shape index (κ3) is 3.36. The molecule has 2 unspecified atom stereocenters. The number of hydrogen-bond donors (Lipinski definition) is 1. The van der Waals surface area contributed by atoms with Crippen LogP contribution >= 0.6 is 0 Å². The van der Waals surface area contributed by atoms with E-state index in [9.17, 15) is 0 Å². The van der Waals surface area contributed by atoms with Gasteiger partial charge in [-0.15, -0.1) is 0 Å². The van der Waals surface area contributed by atoms with Crippen molar-refractivity contribution in [3.05, 3.63) is 23.2 Å². The summed E-state index contributed by atoms with van der Waals surface area (Å²) in [6.45, 7) is 8.98. The van der Waals surface area contributed by atoms with Crippen LogP contribution in [0.4, 0.5) is 0 Å². The van der Waals surface area contributed by atoms with Crippen LogP contribution in [-0.2, 0) is 11.3 Å². The maximum absolute atomic E-state index is 5.46. The van der Waals surface area contributed by atoms with E-state index < -0.39 is 0 Å². The van der Waals surface area contributed by atoms with Gasteiger partial charge in [0.2, 0.25) is 0 Å². The first-order chi connectivity index (χ1) is 7.04. The molecule has 0 aromatic carbocycles. The molecule has 1 heterocycles. The summed E-state index contributed by atoms with van der Waals surface area (Å²) in [5.41, 5.74) is 1.22. The van der Waals surface area contributed by atoms with Crippen molar-refractivity contribution in [2.75, 3.05) is 7.11 Å². The molecule has 0 spiro atoms. The third-order valence-electron chi connectivity index (χ3n) is 2.83. The van der Waals surface area contributed by atoms with Gasteiger partial charge in [0.05, 0.1) is 6.10 Å². The third-order valence-corrected chi connectivity index (χ3v) is 2.83. The average Bonchev–Trinajstić information content (AvgIpc) is 2.52. The van der Waals surface area contributed by atoms with Gasteiger partial charge in [-0.25, -0.2) is 0 Å². The van der Waals surface area contributed by atoms with Gasteiger partial charge in [-0.2, -0.15) is 0 Å². The van der Waals surface area contributed by atoms with E-state index in [4.69, 9.17) is 9.15 Å². The number of aryl methyl sites for hydroxylation is 2. The Morgan fingerprint density at radius 3 is 2.53 bits per heavy atom. The minimum atomic E-state index is 0.221. The highest BCUT2D eigenvalue weighted by Crippen LogP contribution is 2.13. The van der Waals surface area contributed by atoms with E-state index in [0.29, 0.717) is 6.04 Å². The molecule has 0 amide bonds. The van der Waals surface area contributed by atoms with Gasteiger partial charge in [0, 0.05) is 25.3 Å². The number of hydrogen-bond acceptors (Lipinski definition) is 3. The molecule has 0 fully saturated rings. The summed E-state index contributed by atoms with van der Waals surface area (Å²) in [7, 11) is 1.73. The lowest BCUT2D eigenvalue weighted by Gasteiger charge is -2.19. The summed E-state index contributed by atoms with van der Waals surface area (Å²) in [6.07, 6.45) is 0.221. The zero-order chi connectivity index (χ0) is 11.4. The van der Waals surface area contributed by atoms with Crippen molar-refractivity contribution in [2.24, 2.45) is 0 Å². The SMILES string of the molecule is COC(C)C(C)NCc1cc(C)oc1C. The second-order valence-electron chi connectivity index (χ2n) is 4.05. The van der Waals surface area contributed by atoms with Gasteiger partial charge < -0.3 is 14.5 Å². The van der Waals surface area contributed by atoms with E-state index in [2.05, 4.69) is 25.2 Å². The molecule has 1 aromatic heterocycles. The molecule has 3 heteroatoms.